The number of nitro groups is 1. The summed E-state index contributed by atoms with van der Waals surface area (Å²) in [5, 5.41) is 13.8. The zero-order valence-electron chi connectivity index (χ0n) is 17.4. The summed E-state index contributed by atoms with van der Waals surface area (Å²) in [7, 11) is 0. The fourth-order valence-electron chi connectivity index (χ4n) is 2.99. The lowest BCUT2D eigenvalue weighted by Crippen LogP contribution is -2.37. The number of likely N-dealkylation sites (N-methyl/N-ethyl adjacent to an activating group) is 1. The molecule has 0 fully saturated rings. The number of rotatable bonds is 10. The van der Waals surface area contributed by atoms with Gasteiger partial charge in [0.25, 0.3) is 5.91 Å². The predicted octanol–water partition coefficient (Wildman–Crippen LogP) is 2.37. The lowest BCUT2D eigenvalue weighted by Gasteiger charge is -2.20. The van der Waals surface area contributed by atoms with Gasteiger partial charge in [0, 0.05) is 19.6 Å². The Morgan fingerprint density at radius 2 is 2.06 bits per heavy atom. The standard InChI is InChI=1S/C21H24N6O4/c1-3-26(11-12-31-19-5-4-8-22-20(19)27(29)30)10-9-23-21(28)18-14-24-17-13-15(2)6-7-16(17)25-18/h4-8,13-14H,3,9-12H2,1-2H3,(H,23,28). The van der Waals surface area contributed by atoms with Gasteiger partial charge in [-0.1, -0.05) is 13.0 Å². The fraction of sp³-hybridized carbons (Fsp3) is 0.333. The summed E-state index contributed by atoms with van der Waals surface area (Å²) in [5.41, 5.74) is 2.78. The SMILES string of the molecule is CCN(CCNC(=O)c1cnc2cc(C)ccc2n1)CCOc1cccnc1[N+](=O)[O-]. The number of hydrogen-bond acceptors (Lipinski definition) is 8. The van der Waals surface area contributed by atoms with Crippen molar-refractivity contribution in [3.05, 3.63) is 64.1 Å². The highest BCUT2D eigenvalue weighted by molar-refractivity contribution is 5.93. The van der Waals surface area contributed by atoms with E-state index in [4.69, 9.17) is 4.74 Å². The van der Waals surface area contributed by atoms with E-state index in [1.807, 2.05) is 32.0 Å². The van der Waals surface area contributed by atoms with Crippen molar-refractivity contribution < 1.29 is 14.5 Å². The molecule has 0 bridgehead atoms. The average Bonchev–Trinajstić information content (AvgIpc) is 2.77. The van der Waals surface area contributed by atoms with E-state index in [0.717, 1.165) is 17.6 Å². The molecule has 10 heteroatoms. The van der Waals surface area contributed by atoms with Crippen LogP contribution in [0.4, 0.5) is 5.82 Å². The van der Waals surface area contributed by atoms with Crippen molar-refractivity contribution in [2.45, 2.75) is 13.8 Å². The number of fused-ring (bicyclic) bond motifs is 1. The van der Waals surface area contributed by atoms with Gasteiger partial charge in [0.05, 0.1) is 17.2 Å². The quantitative estimate of drug-likeness (QED) is 0.389. The average molecular weight is 424 g/mol. The molecule has 0 spiro atoms. The van der Waals surface area contributed by atoms with Gasteiger partial charge in [-0.2, -0.15) is 0 Å². The predicted molar refractivity (Wildman–Crippen MR) is 115 cm³/mol. The number of ether oxygens (including phenoxy) is 1. The zero-order valence-corrected chi connectivity index (χ0v) is 17.4. The second kappa shape index (κ2) is 10.4. The molecule has 0 aliphatic carbocycles. The maximum absolute atomic E-state index is 12.4. The van der Waals surface area contributed by atoms with Gasteiger partial charge in [-0.25, -0.2) is 4.98 Å². The molecule has 0 aliphatic rings. The number of benzene rings is 1. The second-order valence-corrected chi connectivity index (χ2v) is 6.87. The Kier molecular flexibility index (Phi) is 7.39. The normalized spacial score (nSPS) is 10.9. The molecule has 1 N–H and O–H groups in total. The first kappa shape index (κ1) is 22.0. The van der Waals surface area contributed by atoms with Gasteiger partial charge in [0.1, 0.15) is 18.5 Å². The first-order valence-corrected chi connectivity index (χ1v) is 9.94. The highest BCUT2D eigenvalue weighted by Crippen LogP contribution is 2.22. The first-order chi connectivity index (χ1) is 15.0. The third kappa shape index (κ3) is 5.92. The van der Waals surface area contributed by atoms with Crippen LogP contribution in [0.2, 0.25) is 0 Å². The van der Waals surface area contributed by atoms with Crippen molar-refractivity contribution in [3.63, 3.8) is 0 Å². The smallest absolute Gasteiger partial charge is 0.406 e. The second-order valence-electron chi connectivity index (χ2n) is 6.87. The van der Waals surface area contributed by atoms with Crippen LogP contribution in [0.15, 0.2) is 42.7 Å². The summed E-state index contributed by atoms with van der Waals surface area (Å²) < 4.78 is 5.53. The highest BCUT2D eigenvalue weighted by atomic mass is 16.6. The molecule has 0 aliphatic heterocycles. The number of aromatic nitrogens is 3. The molecular weight excluding hydrogens is 400 g/mol. The van der Waals surface area contributed by atoms with E-state index < -0.39 is 4.92 Å². The summed E-state index contributed by atoms with van der Waals surface area (Å²) in [6, 6.07) is 8.81. The minimum atomic E-state index is -0.570. The van der Waals surface area contributed by atoms with Crippen molar-refractivity contribution in [1.82, 2.24) is 25.2 Å². The number of amides is 1. The van der Waals surface area contributed by atoms with Gasteiger partial charge in [-0.3, -0.25) is 14.7 Å². The van der Waals surface area contributed by atoms with Gasteiger partial charge in [-0.15, -0.1) is 0 Å². The molecule has 0 radical (unpaired) electrons. The summed E-state index contributed by atoms with van der Waals surface area (Å²) in [6.45, 7) is 6.55. The van der Waals surface area contributed by atoms with Crippen LogP contribution in [0.25, 0.3) is 11.0 Å². The summed E-state index contributed by atoms with van der Waals surface area (Å²) in [4.78, 5) is 37.3. The van der Waals surface area contributed by atoms with E-state index in [1.165, 1.54) is 18.5 Å². The minimum Gasteiger partial charge on any atom is -0.484 e. The number of carbonyl (C=O) groups is 1. The number of hydrogen-bond donors (Lipinski definition) is 1. The van der Waals surface area contributed by atoms with E-state index in [0.29, 0.717) is 25.2 Å². The molecule has 0 unspecified atom stereocenters. The third-order valence-electron chi connectivity index (χ3n) is 4.68. The molecule has 2 aromatic heterocycles. The molecule has 31 heavy (non-hydrogen) atoms. The largest absolute Gasteiger partial charge is 0.484 e. The highest BCUT2D eigenvalue weighted by Gasteiger charge is 2.16. The van der Waals surface area contributed by atoms with Crippen molar-refractivity contribution in [3.8, 4) is 5.75 Å². The van der Waals surface area contributed by atoms with Crippen LogP contribution in [0.3, 0.4) is 0 Å². The summed E-state index contributed by atoms with van der Waals surface area (Å²) in [6.07, 6.45) is 2.83. The van der Waals surface area contributed by atoms with E-state index in [-0.39, 0.29) is 29.8 Å². The zero-order chi connectivity index (χ0) is 22.2. The van der Waals surface area contributed by atoms with Gasteiger partial charge < -0.3 is 20.2 Å². The van der Waals surface area contributed by atoms with Crippen LogP contribution in [0.1, 0.15) is 23.0 Å². The van der Waals surface area contributed by atoms with Crippen molar-refractivity contribution in [2.24, 2.45) is 0 Å². The molecule has 3 rings (SSSR count). The topological polar surface area (TPSA) is 123 Å². The Labute approximate surface area is 179 Å². The maximum atomic E-state index is 12.4. The molecule has 0 saturated carbocycles. The molecule has 10 nitrogen and oxygen atoms in total. The molecule has 0 saturated heterocycles. The summed E-state index contributed by atoms with van der Waals surface area (Å²) in [5.74, 6) is -0.445. The monoisotopic (exact) mass is 424 g/mol. The lowest BCUT2D eigenvalue weighted by atomic mass is 10.2. The lowest BCUT2D eigenvalue weighted by molar-refractivity contribution is -0.390. The molecule has 0 atom stereocenters. The Morgan fingerprint density at radius 1 is 1.23 bits per heavy atom. The van der Waals surface area contributed by atoms with Crippen molar-refractivity contribution in [1.29, 1.82) is 0 Å². The number of nitrogens with zero attached hydrogens (tertiary/aromatic N) is 5. The fourth-order valence-corrected chi connectivity index (χ4v) is 2.99. The molecule has 3 aromatic rings. The molecule has 1 aromatic carbocycles. The Balaban J connectivity index is 1.47. The van der Waals surface area contributed by atoms with Crippen molar-refractivity contribution in [2.75, 3.05) is 32.8 Å². The minimum absolute atomic E-state index is 0.141. The maximum Gasteiger partial charge on any atom is 0.406 e. The first-order valence-electron chi connectivity index (χ1n) is 9.94. The molecular formula is C21H24N6O4. The Hall–Kier alpha value is -3.66. The number of aryl methyl sites for hydroxylation is 1. The van der Waals surface area contributed by atoms with Crippen LogP contribution >= 0.6 is 0 Å². The summed E-state index contributed by atoms with van der Waals surface area (Å²) >= 11 is 0. The van der Waals surface area contributed by atoms with Crippen LogP contribution in [-0.2, 0) is 0 Å². The van der Waals surface area contributed by atoms with Gasteiger partial charge in [0.2, 0.25) is 5.75 Å². The number of pyridine rings is 1. The number of carbonyl (C=O) groups excluding carboxylic acids is 1. The molecule has 1 amide bonds. The molecule has 2 heterocycles. The van der Waals surface area contributed by atoms with Crippen LogP contribution in [0, 0.1) is 17.0 Å². The van der Waals surface area contributed by atoms with E-state index >= 15 is 0 Å². The third-order valence-corrected chi connectivity index (χ3v) is 4.68. The molecule has 162 valence electrons. The van der Waals surface area contributed by atoms with Gasteiger partial charge >= 0.3 is 5.82 Å². The van der Waals surface area contributed by atoms with E-state index in [9.17, 15) is 14.9 Å². The Bertz CT molecular complexity index is 1070. The van der Waals surface area contributed by atoms with E-state index in [1.54, 1.807) is 6.07 Å². The van der Waals surface area contributed by atoms with Crippen molar-refractivity contribution >= 4 is 22.8 Å². The van der Waals surface area contributed by atoms with E-state index in [2.05, 4.69) is 25.2 Å². The van der Waals surface area contributed by atoms with Gasteiger partial charge in [0.15, 0.2) is 0 Å². The van der Waals surface area contributed by atoms with Gasteiger partial charge in [-0.05, 0) is 53.2 Å². The van der Waals surface area contributed by atoms with Crippen LogP contribution < -0.4 is 10.1 Å². The number of nitrogens with one attached hydrogen (secondary N) is 1. The Morgan fingerprint density at radius 3 is 2.84 bits per heavy atom. The van der Waals surface area contributed by atoms with Crippen LogP contribution in [-0.4, -0.2) is 63.5 Å². The van der Waals surface area contributed by atoms with Crippen LogP contribution in [0.5, 0.6) is 5.75 Å².